The molecule has 2 aromatic carbocycles. The Labute approximate surface area is 133 Å². The molecule has 3 rings (SSSR count). The monoisotopic (exact) mass is 339 g/mol. The molecule has 1 atom stereocenters. The first kappa shape index (κ1) is 16.0. The van der Waals surface area contributed by atoms with Crippen molar-refractivity contribution in [1.29, 1.82) is 0 Å². The summed E-state index contributed by atoms with van der Waals surface area (Å²) in [6, 6.07) is 11.6. The van der Waals surface area contributed by atoms with Crippen molar-refractivity contribution < 1.29 is 21.9 Å². The van der Waals surface area contributed by atoms with Crippen LogP contribution in [-0.2, 0) is 14.8 Å². The normalized spacial score (nSPS) is 19.7. The third kappa shape index (κ3) is 3.26. The van der Waals surface area contributed by atoms with Gasteiger partial charge in [0.05, 0.1) is 12.7 Å². The molecule has 122 valence electrons. The molecule has 1 aliphatic rings. The van der Waals surface area contributed by atoms with Gasteiger partial charge in [0.1, 0.15) is 16.5 Å². The molecule has 0 radical (unpaired) electrons. The number of sulfonamides is 1. The van der Waals surface area contributed by atoms with E-state index in [0.29, 0.717) is 6.07 Å². The molecule has 1 heterocycles. The molecule has 0 bridgehead atoms. The molecule has 7 heteroatoms. The summed E-state index contributed by atoms with van der Waals surface area (Å²) in [5, 5.41) is 0. The van der Waals surface area contributed by atoms with Crippen LogP contribution in [0.3, 0.4) is 0 Å². The second-order valence-corrected chi connectivity index (χ2v) is 7.11. The Hall–Kier alpha value is -1.83. The molecule has 0 amide bonds. The quantitative estimate of drug-likeness (QED) is 0.864. The minimum atomic E-state index is -4.12. The van der Waals surface area contributed by atoms with Crippen LogP contribution in [0.4, 0.5) is 8.78 Å². The van der Waals surface area contributed by atoms with E-state index >= 15 is 0 Å². The maximum absolute atomic E-state index is 13.8. The predicted molar refractivity (Wildman–Crippen MR) is 80.3 cm³/mol. The van der Waals surface area contributed by atoms with Gasteiger partial charge in [0.2, 0.25) is 10.0 Å². The van der Waals surface area contributed by atoms with Gasteiger partial charge in [0.25, 0.3) is 0 Å². The second-order valence-electron chi connectivity index (χ2n) is 5.21. The Morgan fingerprint density at radius 3 is 2.57 bits per heavy atom. The van der Waals surface area contributed by atoms with Gasteiger partial charge in [-0.3, -0.25) is 0 Å². The van der Waals surface area contributed by atoms with Gasteiger partial charge in [-0.05, 0) is 23.8 Å². The highest BCUT2D eigenvalue weighted by Gasteiger charge is 2.33. The molecule has 0 spiro atoms. The molecule has 0 aromatic heterocycles. The molecule has 0 N–H and O–H groups in total. The lowest BCUT2D eigenvalue weighted by molar-refractivity contribution is -0.00261. The van der Waals surface area contributed by atoms with Crippen LogP contribution in [0, 0.1) is 11.6 Å². The van der Waals surface area contributed by atoms with Crippen molar-refractivity contribution in [1.82, 2.24) is 4.31 Å². The Morgan fingerprint density at radius 2 is 1.83 bits per heavy atom. The van der Waals surface area contributed by atoms with Gasteiger partial charge in [-0.1, -0.05) is 30.3 Å². The number of rotatable bonds is 3. The summed E-state index contributed by atoms with van der Waals surface area (Å²) in [6.45, 7) is 0.347. The zero-order valence-electron chi connectivity index (χ0n) is 12.2. The van der Waals surface area contributed by atoms with E-state index in [0.717, 1.165) is 22.0 Å². The smallest absolute Gasteiger partial charge is 0.246 e. The molecule has 1 aliphatic heterocycles. The average Bonchev–Trinajstić information content (AvgIpc) is 2.58. The fraction of sp³-hybridized carbons (Fsp3) is 0.250. The number of nitrogens with zero attached hydrogens (tertiary/aromatic N) is 1. The van der Waals surface area contributed by atoms with E-state index in [1.807, 2.05) is 30.3 Å². The van der Waals surface area contributed by atoms with Crippen molar-refractivity contribution in [3.05, 3.63) is 65.7 Å². The van der Waals surface area contributed by atoms with Crippen molar-refractivity contribution in [3.8, 4) is 0 Å². The first-order valence-corrected chi connectivity index (χ1v) is 8.54. The molecular formula is C16H15F2NO3S. The SMILES string of the molecule is O=S(=O)(c1cc(F)ccc1F)N1CCOC(c2ccccc2)C1. The van der Waals surface area contributed by atoms with Crippen LogP contribution in [0.2, 0.25) is 0 Å². The van der Waals surface area contributed by atoms with E-state index in [9.17, 15) is 17.2 Å². The minimum absolute atomic E-state index is 0.0578. The van der Waals surface area contributed by atoms with Crippen molar-refractivity contribution in [3.63, 3.8) is 0 Å². The lowest BCUT2D eigenvalue weighted by Crippen LogP contribution is -2.42. The predicted octanol–water partition coefficient (Wildman–Crippen LogP) is 2.73. The maximum atomic E-state index is 13.8. The van der Waals surface area contributed by atoms with Crippen LogP contribution in [0.15, 0.2) is 53.4 Å². The van der Waals surface area contributed by atoms with Gasteiger partial charge >= 0.3 is 0 Å². The van der Waals surface area contributed by atoms with Crippen molar-refractivity contribution in [2.45, 2.75) is 11.0 Å². The number of hydrogen-bond donors (Lipinski definition) is 0. The number of benzene rings is 2. The molecule has 0 saturated carbocycles. The zero-order chi connectivity index (χ0) is 16.4. The number of ether oxygens (including phenoxy) is 1. The molecule has 1 saturated heterocycles. The number of hydrogen-bond acceptors (Lipinski definition) is 3. The van der Waals surface area contributed by atoms with Gasteiger partial charge in [-0.25, -0.2) is 17.2 Å². The third-order valence-corrected chi connectivity index (χ3v) is 5.59. The fourth-order valence-electron chi connectivity index (χ4n) is 2.53. The van der Waals surface area contributed by atoms with E-state index in [2.05, 4.69) is 0 Å². The lowest BCUT2D eigenvalue weighted by atomic mass is 10.1. The van der Waals surface area contributed by atoms with Crippen molar-refractivity contribution in [2.24, 2.45) is 0 Å². The van der Waals surface area contributed by atoms with E-state index in [1.54, 1.807) is 0 Å². The Balaban J connectivity index is 1.90. The van der Waals surface area contributed by atoms with Gasteiger partial charge in [0.15, 0.2) is 0 Å². The largest absolute Gasteiger partial charge is 0.371 e. The Bertz CT molecular complexity index is 796. The van der Waals surface area contributed by atoms with Gasteiger partial charge in [0, 0.05) is 13.1 Å². The summed E-state index contributed by atoms with van der Waals surface area (Å²) in [5.41, 5.74) is 0.840. The second kappa shape index (κ2) is 6.35. The molecule has 1 fully saturated rings. The number of halogens is 2. The Morgan fingerprint density at radius 1 is 1.09 bits per heavy atom. The highest BCUT2D eigenvalue weighted by molar-refractivity contribution is 7.89. The van der Waals surface area contributed by atoms with E-state index in [-0.39, 0.29) is 19.7 Å². The topological polar surface area (TPSA) is 46.6 Å². The van der Waals surface area contributed by atoms with Crippen LogP contribution in [0.5, 0.6) is 0 Å². The molecule has 0 aliphatic carbocycles. The summed E-state index contributed by atoms with van der Waals surface area (Å²) >= 11 is 0. The maximum Gasteiger partial charge on any atom is 0.246 e. The first-order valence-electron chi connectivity index (χ1n) is 7.10. The van der Waals surface area contributed by atoms with Crippen LogP contribution in [0.25, 0.3) is 0 Å². The zero-order valence-corrected chi connectivity index (χ0v) is 13.0. The van der Waals surface area contributed by atoms with Crippen LogP contribution >= 0.6 is 0 Å². The van der Waals surface area contributed by atoms with E-state index in [4.69, 9.17) is 4.74 Å². The molecule has 2 aromatic rings. The summed E-state index contributed by atoms with van der Waals surface area (Å²) in [4.78, 5) is -0.647. The van der Waals surface area contributed by atoms with Crippen molar-refractivity contribution >= 4 is 10.0 Å². The summed E-state index contributed by atoms with van der Waals surface area (Å²) in [5.74, 6) is -1.76. The van der Waals surface area contributed by atoms with Gasteiger partial charge in [-0.15, -0.1) is 0 Å². The summed E-state index contributed by atoms with van der Waals surface area (Å²) < 4.78 is 59.1. The Kier molecular flexibility index (Phi) is 4.43. The average molecular weight is 339 g/mol. The summed E-state index contributed by atoms with van der Waals surface area (Å²) in [6.07, 6.45) is -0.434. The van der Waals surface area contributed by atoms with Crippen LogP contribution in [-0.4, -0.2) is 32.4 Å². The van der Waals surface area contributed by atoms with E-state index < -0.39 is 32.7 Å². The van der Waals surface area contributed by atoms with Crippen LogP contribution < -0.4 is 0 Å². The van der Waals surface area contributed by atoms with E-state index in [1.165, 1.54) is 0 Å². The molecule has 4 nitrogen and oxygen atoms in total. The molecule has 1 unspecified atom stereocenters. The van der Waals surface area contributed by atoms with Crippen molar-refractivity contribution in [2.75, 3.05) is 19.7 Å². The first-order chi connectivity index (χ1) is 11.0. The minimum Gasteiger partial charge on any atom is -0.371 e. The molecule has 23 heavy (non-hydrogen) atoms. The molecular weight excluding hydrogens is 324 g/mol. The van der Waals surface area contributed by atoms with Gasteiger partial charge < -0.3 is 4.74 Å². The highest BCUT2D eigenvalue weighted by atomic mass is 32.2. The standard InChI is InChI=1S/C16H15F2NO3S/c17-13-6-7-14(18)16(10-13)23(20,21)19-8-9-22-15(11-19)12-4-2-1-3-5-12/h1-7,10,15H,8-9,11H2. The van der Waals surface area contributed by atoms with Crippen LogP contribution in [0.1, 0.15) is 11.7 Å². The summed E-state index contributed by atoms with van der Waals surface area (Å²) in [7, 11) is -4.12. The van der Waals surface area contributed by atoms with Gasteiger partial charge in [-0.2, -0.15) is 4.31 Å². The fourth-order valence-corrected chi connectivity index (χ4v) is 4.03. The third-order valence-electron chi connectivity index (χ3n) is 3.71. The highest BCUT2D eigenvalue weighted by Crippen LogP contribution is 2.27. The lowest BCUT2D eigenvalue weighted by Gasteiger charge is -2.32. The number of morpholine rings is 1.